The number of nitrogens with zero attached hydrogens (tertiary/aromatic N) is 4. The summed E-state index contributed by atoms with van der Waals surface area (Å²) in [6, 6.07) is 14.5. The second-order valence-electron chi connectivity index (χ2n) is 12.1. The van der Waals surface area contributed by atoms with E-state index in [1.54, 1.807) is 48.3 Å². The van der Waals surface area contributed by atoms with Gasteiger partial charge in [0.1, 0.15) is 11.2 Å². The first kappa shape index (κ1) is 27.8. The van der Waals surface area contributed by atoms with E-state index in [9.17, 15) is 19.5 Å². The number of anilines is 1. The number of aromatic nitrogens is 4. The summed E-state index contributed by atoms with van der Waals surface area (Å²) in [4.78, 5) is 47.9. The molecular formula is C34H34N6O4. The van der Waals surface area contributed by atoms with Crippen molar-refractivity contribution in [3.8, 4) is 11.5 Å². The number of carboxylic acid groups (broad SMARTS) is 1. The highest BCUT2D eigenvalue weighted by Crippen LogP contribution is 2.44. The maximum Gasteiger partial charge on any atom is 0.352 e. The Balaban J connectivity index is 1.17. The molecule has 44 heavy (non-hydrogen) atoms. The van der Waals surface area contributed by atoms with E-state index in [1.807, 2.05) is 31.3 Å². The minimum Gasteiger partial charge on any atom is -0.477 e. The molecule has 0 spiro atoms. The Morgan fingerprint density at radius 3 is 2.34 bits per heavy atom. The number of benzene rings is 2. The van der Waals surface area contributed by atoms with Gasteiger partial charge in [0.05, 0.1) is 5.69 Å². The summed E-state index contributed by atoms with van der Waals surface area (Å²) in [7, 11) is 3.69. The minimum atomic E-state index is -1.02. The third-order valence-corrected chi connectivity index (χ3v) is 9.56. The highest BCUT2D eigenvalue weighted by Gasteiger charge is 2.45. The van der Waals surface area contributed by atoms with Crippen LogP contribution in [0.15, 0.2) is 60.9 Å². The molecule has 3 N–H and O–H groups in total. The molecular weight excluding hydrogens is 556 g/mol. The van der Waals surface area contributed by atoms with Gasteiger partial charge in [-0.1, -0.05) is 18.9 Å². The molecule has 0 saturated heterocycles. The molecule has 3 aromatic heterocycles. The lowest BCUT2D eigenvalue weighted by molar-refractivity contribution is -0.125. The van der Waals surface area contributed by atoms with Gasteiger partial charge in [0.15, 0.2) is 5.82 Å². The number of amides is 2. The molecule has 7 rings (SSSR count). The number of nitrogens with one attached hydrogen (secondary N) is 2. The maximum absolute atomic E-state index is 13.7. The normalized spacial score (nSPS) is 16.2. The topological polar surface area (TPSA) is 131 Å². The fraction of sp³-hybridized carbons (Fsp3) is 0.324. The van der Waals surface area contributed by atoms with E-state index in [0.29, 0.717) is 41.2 Å². The van der Waals surface area contributed by atoms with Crippen molar-refractivity contribution in [2.24, 2.45) is 14.1 Å². The SMILES string of the molecule is Cn1c(C(=O)O)cc2cc(NC(=O)C3(NC(=O)c4ccc5c(C6CCCC6)c(-c6ncccn6)n(C)c5c4)CCC3)ccc21. The molecule has 0 atom stereocenters. The zero-order valence-electron chi connectivity index (χ0n) is 24.8. The van der Waals surface area contributed by atoms with Crippen molar-refractivity contribution in [2.75, 3.05) is 5.32 Å². The molecule has 2 aromatic carbocycles. The number of fused-ring (bicyclic) bond motifs is 2. The number of hydrogen-bond acceptors (Lipinski definition) is 5. The van der Waals surface area contributed by atoms with Gasteiger partial charge >= 0.3 is 5.97 Å². The third kappa shape index (κ3) is 4.52. The van der Waals surface area contributed by atoms with Gasteiger partial charge in [0.25, 0.3) is 5.91 Å². The zero-order chi connectivity index (χ0) is 30.6. The Kier molecular flexibility index (Phi) is 6.72. The van der Waals surface area contributed by atoms with Gasteiger partial charge in [-0.15, -0.1) is 0 Å². The molecule has 224 valence electrons. The van der Waals surface area contributed by atoms with Crippen LogP contribution in [0.5, 0.6) is 0 Å². The molecule has 0 bridgehead atoms. The number of aromatic carboxylic acids is 1. The minimum absolute atomic E-state index is 0.167. The number of aryl methyl sites for hydroxylation is 2. The molecule has 2 fully saturated rings. The van der Waals surface area contributed by atoms with E-state index in [4.69, 9.17) is 0 Å². The van der Waals surface area contributed by atoms with Crippen LogP contribution >= 0.6 is 0 Å². The van der Waals surface area contributed by atoms with Crippen LogP contribution in [0.25, 0.3) is 33.3 Å². The summed E-state index contributed by atoms with van der Waals surface area (Å²) < 4.78 is 3.70. The van der Waals surface area contributed by atoms with Gasteiger partial charge in [-0.25, -0.2) is 14.8 Å². The maximum atomic E-state index is 13.7. The molecule has 2 aliphatic carbocycles. The number of hydrogen-bond donors (Lipinski definition) is 3. The lowest BCUT2D eigenvalue weighted by Crippen LogP contribution is -2.61. The highest BCUT2D eigenvalue weighted by molar-refractivity contribution is 6.06. The quantitative estimate of drug-likeness (QED) is 0.220. The average molecular weight is 591 g/mol. The summed E-state index contributed by atoms with van der Waals surface area (Å²) in [6.07, 6.45) is 10.1. The Morgan fingerprint density at radius 1 is 0.909 bits per heavy atom. The van der Waals surface area contributed by atoms with Gasteiger partial charge in [0, 0.05) is 59.5 Å². The molecule has 3 heterocycles. The van der Waals surface area contributed by atoms with E-state index < -0.39 is 11.5 Å². The number of rotatable bonds is 7. The smallest absolute Gasteiger partial charge is 0.352 e. The summed E-state index contributed by atoms with van der Waals surface area (Å²) in [6.45, 7) is 0. The van der Waals surface area contributed by atoms with Crippen LogP contribution in [0.4, 0.5) is 5.69 Å². The second kappa shape index (κ2) is 10.6. The highest BCUT2D eigenvalue weighted by atomic mass is 16.4. The molecule has 10 nitrogen and oxygen atoms in total. The van der Waals surface area contributed by atoms with E-state index in [0.717, 1.165) is 41.4 Å². The van der Waals surface area contributed by atoms with Gasteiger partial charge in [-0.2, -0.15) is 0 Å². The molecule has 2 amide bonds. The van der Waals surface area contributed by atoms with E-state index in [-0.39, 0.29) is 17.5 Å². The van der Waals surface area contributed by atoms with Crippen molar-refractivity contribution in [3.05, 3.63) is 77.7 Å². The van der Waals surface area contributed by atoms with Crippen molar-refractivity contribution >= 4 is 45.3 Å². The van der Waals surface area contributed by atoms with E-state index >= 15 is 0 Å². The van der Waals surface area contributed by atoms with Crippen molar-refractivity contribution in [1.29, 1.82) is 0 Å². The van der Waals surface area contributed by atoms with Gasteiger partial charge < -0.3 is 24.9 Å². The van der Waals surface area contributed by atoms with E-state index in [1.165, 1.54) is 18.4 Å². The Bertz CT molecular complexity index is 1950. The molecule has 2 aliphatic rings. The van der Waals surface area contributed by atoms with Crippen LogP contribution < -0.4 is 10.6 Å². The number of carbonyl (C=O) groups is 3. The summed E-state index contributed by atoms with van der Waals surface area (Å²) in [5.74, 6) is -0.495. The zero-order valence-corrected chi connectivity index (χ0v) is 24.8. The number of carbonyl (C=O) groups excluding carboxylic acids is 2. The molecule has 5 aromatic rings. The fourth-order valence-electron chi connectivity index (χ4n) is 7.04. The summed E-state index contributed by atoms with van der Waals surface area (Å²) in [5.41, 5.74) is 4.11. The summed E-state index contributed by atoms with van der Waals surface area (Å²) in [5, 5.41) is 17.3. The molecule has 0 aliphatic heterocycles. The van der Waals surface area contributed by atoms with Crippen LogP contribution in [-0.2, 0) is 18.9 Å². The van der Waals surface area contributed by atoms with Crippen molar-refractivity contribution in [2.45, 2.75) is 56.4 Å². The van der Waals surface area contributed by atoms with Crippen LogP contribution in [0.2, 0.25) is 0 Å². The first-order valence-corrected chi connectivity index (χ1v) is 15.1. The first-order valence-electron chi connectivity index (χ1n) is 15.1. The van der Waals surface area contributed by atoms with Crippen LogP contribution in [0.1, 0.15) is 77.3 Å². The lowest BCUT2D eigenvalue weighted by atomic mass is 9.75. The van der Waals surface area contributed by atoms with Crippen molar-refractivity contribution in [3.63, 3.8) is 0 Å². The van der Waals surface area contributed by atoms with Crippen LogP contribution in [0.3, 0.4) is 0 Å². The van der Waals surface area contributed by atoms with Crippen LogP contribution in [0, 0.1) is 0 Å². The van der Waals surface area contributed by atoms with Crippen LogP contribution in [-0.4, -0.2) is 47.5 Å². The van der Waals surface area contributed by atoms with Crippen molar-refractivity contribution in [1.82, 2.24) is 24.4 Å². The predicted molar refractivity (Wildman–Crippen MR) is 168 cm³/mol. The largest absolute Gasteiger partial charge is 0.477 e. The Morgan fingerprint density at radius 2 is 1.66 bits per heavy atom. The standard InChI is InChI=1S/C34H34N6O4/c1-39-25-12-10-23(17-22(25)19-27(39)32(42)43)37-33(44)34(13-5-14-34)38-31(41)21-9-11-24-26(18-21)40(2)29(30-35-15-6-16-36-30)28(24)20-7-3-4-8-20/h6,9-12,15-20H,3-5,7-8,13-14H2,1-2H3,(H,37,44)(H,38,41)(H,42,43). The summed E-state index contributed by atoms with van der Waals surface area (Å²) >= 11 is 0. The average Bonchev–Trinajstić information content (AvgIpc) is 3.72. The second-order valence-corrected chi connectivity index (χ2v) is 12.1. The first-order chi connectivity index (χ1) is 21.3. The molecule has 0 unspecified atom stereocenters. The third-order valence-electron chi connectivity index (χ3n) is 9.56. The van der Waals surface area contributed by atoms with Gasteiger partial charge in [0.2, 0.25) is 5.91 Å². The monoisotopic (exact) mass is 590 g/mol. The van der Waals surface area contributed by atoms with Gasteiger partial charge in [-0.05, 0) is 86.1 Å². The fourth-order valence-corrected chi connectivity index (χ4v) is 7.04. The predicted octanol–water partition coefficient (Wildman–Crippen LogP) is 5.77. The lowest BCUT2D eigenvalue weighted by Gasteiger charge is -2.40. The van der Waals surface area contributed by atoms with Crippen molar-refractivity contribution < 1.29 is 19.5 Å². The Labute approximate surface area is 254 Å². The molecule has 10 heteroatoms. The molecule has 2 saturated carbocycles. The molecule has 0 radical (unpaired) electrons. The van der Waals surface area contributed by atoms with Gasteiger partial charge in [-0.3, -0.25) is 9.59 Å². The van der Waals surface area contributed by atoms with E-state index in [2.05, 4.69) is 25.2 Å². The Hall–Kier alpha value is -4.99. The number of carboxylic acids is 1.